The Morgan fingerprint density at radius 1 is 1.35 bits per heavy atom. The molecule has 1 aromatic carbocycles. The topological polar surface area (TPSA) is 94.7 Å². The second kappa shape index (κ2) is 5.58. The lowest BCUT2D eigenvalue weighted by molar-refractivity contribution is -0.526. The molecule has 7 heteroatoms. The van der Waals surface area contributed by atoms with Gasteiger partial charge in [-0.2, -0.15) is 4.58 Å². The highest BCUT2D eigenvalue weighted by Crippen LogP contribution is 2.48. The molecule has 120 valence electrons. The number of β-lactam (4-membered cyclic amide) rings is 1. The van der Waals surface area contributed by atoms with Crippen molar-refractivity contribution in [1.82, 2.24) is 0 Å². The van der Waals surface area contributed by atoms with Crippen LogP contribution in [0.1, 0.15) is 18.6 Å². The third-order valence-corrected chi connectivity index (χ3v) is 5.83. The van der Waals surface area contributed by atoms with Gasteiger partial charge in [-0.05, 0) is 5.56 Å². The molecule has 0 saturated carbocycles. The summed E-state index contributed by atoms with van der Waals surface area (Å²) >= 11 is 1.26. The van der Waals surface area contributed by atoms with Crippen LogP contribution in [0.2, 0.25) is 0 Å². The fourth-order valence-corrected chi connectivity index (χ4v) is 4.47. The summed E-state index contributed by atoms with van der Waals surface area (Å²) < 4.78 is 1.31. The second-order valence-electron chi connectivity index (χ2n) is 5.82. The van der Waals surface area contributed by atoms with Gasteiger partial charge in [0.25, 0.3) is 0 Å². The van der Waals surface area contributed by atoms with E-state index in [0.717, 1.165) is 0 Å². The SMILES string of the molecule is CC1C=[N+]2C(=O)C(C(=O)O)(C(=O)C(O)c3ccccc3)[C@@H]2SC1. The van der Waals surface area contributed by atoms with Crippen molar-refractivity contribution >= 4 is 35.6 Å². The average Bonchev–Trinajstić information content (AvgIpc) is 2.55. The van der Waals surface area contributed by atoms with Gasteiger partial charge in [0, 0.05) is 11.7 Å². The number of Topliss-reactive ketones (excluding diaryl/α,β-unsaturated/α-hetero) is 1. The predicted molar refractivity (Wildman–Crippen MR) is 83.2 cm³/mol. The molecule has 0 spiro atoms. The monoisotopic (exact) mass is 334 g/mol. The van der Waals surface area contributed by atoms with Crippen molar-refractivity contribution in [2.75, 3.05) is 5.75 Å². The number of carboxylic acid groups (broad SMARTS) is 1. The smallest absolute Gasteiger partial charge is 0.421 e. The first-order valence-corrected chi connectivity index (χ1v) is 8.25. The van der Waals surface area contributed by atoms with Crippen LogP contribution in [-0.2, 0) is 14.4 Å². The number of hydrogen-bond acceptors (Lipinski definition) is 5. The number of amides is 1. The summed E-state index contributed by atoms with van der Waals surface area (Å²) in [6.45, 7) is 1.91. The van der Waals surface area contributed by atoms with Gasteiger partial charge in [0.05, 0.1) is 0 Å². The molecule has 2 aliphatic heterocycles. The Morgan fingerprint density at radius 2 is 2.00 bits per heavy atom. The molecule has 1 aromatic rings. The third kappa shape index (κ3) is 2.14. The molecule has 1 amide bonds. The van der Waals surface area contributed by atoms with Crippen LogP contribution in [0, 0.1) is 11.3 Å². The number of ketones is 1. The number of rotatable bonds is 4. The summed E-state index contributed by atoms with van der Waals surface area (Å²) in [4.78, 5) is 37.0. The van der Waals surface area contributed by atoms with Crippen LogP contribution in [0.15, 0.2) is 30.3 Å². The standard InChI is InChI=1S/C16H15NO5S/c1-9-7-17-13(20)16(15(21)22,14(17)23-8-9)12(19)11(18)10-5-3-2-4-6-10/h2-7,9,11,14,18H,8H2,1H3/p+1/t9?,11?,14-,16?/m0/s1. The molecule has 2 heterocycles. The van der Waals surface area contributed by atoms with E-state index in [0.29, 0.717) is 5.75 Å². The van der Waals surface area contributed by atoms with Gasteiger partial charge in [-0.25, -0.2) is 4.79 Å². The van der Waals surface area contributed by atoms with Gasteiger partial charge >= 0.3 is 17.3 Å². The molecule has 2 aliphatic rings. The van der Waals surface area contributed by atoms with E-state index in [2.05, 4.69) is 0 Å². The molecule has 6 nitrogen and oxygen atoms in total. The van der Waals surface area contributed by atoms with Gasteiger partial charge in [0.1, 0.15) is 6.10 Å². The van der Waals surface area contributed by atoms with Crippen LogP contribution in [0.4, 0.5) is 0 Å². The minimum absolute atomic E-state index is 0.126. The van der Waals surface area contributed by atoms with Crippen molar-refractivity contribution in [1.29, 1.82) is 0 Å². The predicted octanol–water partition coefficient (Wildman–Crippen LogP) is 0.693. The largest absolute Gasteiger partial charge is 0.480 e. The molecule has 1 saturated heterocycles. The van der Waals surface area contributed by atoms with Crippen LogP contribution >= 0.6 is 11.8 Å². The van der Waals surface area contributed by atoms with Crippen molar-refractivity contribution in [3.05, 3.63) is 35.9 Å². The Labute approximate surface area is 136 Å². The lowest BCUT2D eigenvalue weighted by Crippen LogP contribution is -2.72. The Kier molecular flexibility index (Phi) is 3.85. The first-order valence-electron chi connectivity index (χ1n) is 7.20. The summed E-state index contributed by atoms with van der Waals surface area (Å²) in [5.41, 5.74) is -1.93. The van der Waals surface area contributed by atoms with Gasteiger partial charge in [0.2, 0.25) is 11.2 Å². The molecule has 0 radical (unpaired) electrons. The molecule has 0 aliphatic carbocycles. The van der Waals surface area contributed by atoms with Crippen LogP contribution in [0.5, 0.6) is 0 Å². The van der Waals surface area contributed by atoms with E-state index in [9.17, 15) is 24.6 Å². The first kappa shape index (κ1) is 15.9. The fourth-order valence-electron chi connectivity index (χ4n) is 3.00. The minimum atomic E-state index is -2.21. The second-order valence-corrected chi connectivity index (χ2v) is 6.93. The molecule has 1 fully saturated rings. The van der Waals surface area contributed by atoms with Crippen LogP contribution in [-0.4, -0.2) is 49.8 Å². The molecule has 0 aromatic heterocycles. The average molecular weight is 334 g/mol. The molecule has 4 atom stereocenters. The molecular weight excluding hydrogens is 318 g/mol. The highest BCUT2D eigenvalue weighted by Gasteiger charge is 2.79. The number of thioether (sulfide) groups is 1. The van der Waals surface area contributed by atoms with Crippen molar-refractivity contribution in [2.45, 2.75) is 18.4 Å². The number of fused-ring (bicyclic) bond motifs is 1. The maximum absolute atomic E-state index is 12.7. The molecule has 23 heavy (non-hydrogen) atoms. The number of aliphatic hydroxyl groups excluding tert-OH is 1. The van der Waals surface area contributed by atoms with Gasteiger partial charge in [-0.3, -0.25) is 9.59 Å². The molecule has 2 N–H and O–H groups in total. The molecular formula is C16H16NO5S+. The molecule has 3 rings (SSSR count). The van der Waals surface area contributed by atoms with E-state index in [-0.39, 0.29) is 11.5 Å². The van der Waals surface area contributed by atoms with Gasteiger partial charge in [0.15, 0.2) is 6.21 Å². The van der Waals surface area contributed by atoms with Crippen LogP contribution in [0.25, 0.3) is 0 Å². The molecule has 3 unspecified atom stereocenters. The van der Waals surface area contributed by atoms with Gasteiger partial charge in [-0.15, -0.1) is 0 Å². The number of aliphatic carboxylic acids is 1. The van der Waals surface area contributed by atoms with Gasteiger partial charge < -0.3 is 10.2 Å². The fraction of sp³-hybridized carbons (Fsp3) is 0.375. The zero-order valence-electron chi connectivity index (χ0n) is 12.4. The Balaban J connectivity index is 2.00. The minimum Gasteiger partial charge on any atom is -0.480 e. The normalized spacial score (nSPS) is 30.7. The number of aliphatic hydroxyl groups is 1. The lowest BCUT2D eigenvalue weighted by atomic mass is 9.72. The van der Waals surface area contributed by atoms with Crippen LogP contribution in [0.3, 0.4) is 0 Å². The number of carbonyl (C=O) groups excluding carboxylic acids is 2. The van der Waals surface area contributed by atoms with Crippen molar-refractivity contribution in [2.24, 2.45) is 11.3 Å². The zero-order valence-corrected chi connectivity index (χ0v) is 13.2. The number of carboxylic acids is 1. The number of carbonyl (C=O) groups is 3. The van der Waals surface area contributed by atoms with E-state index in [1.807, 2.05) is 6.92 Å². The summed E-state index contributed by atoms with van der Waals surface area (Å²) in [7, 11) is 0. The summed E-state index contributed by atoms with van der Waals surface area (Å²) in [6.07, 6.45) is 0.0192. The number of hydrogen-bond donors (Lipinski definition) is 2. The molecule has 0 bridgehead atoms. The number of benzene rings is 1. The highest BCUT2D eigenvalue weighted by molar-refractivity contribution is 8.00. The Hall–Kier alpha value is -1.99. The summed E-state index contributed by atoms with van der Waals surface area (Å²) in [5.74, 6) is -2.50. The Morgan fingerprint density at radius 3 is 2.61 bits per heavy atom. The lowest BCUT2D eigenvalue weighted by Gasteiger charge is -2.40. The number of nitrogens with zero attached hydrogens (tertiary/aromatic N) is 1. The van der Waals surface area contributed by atoms with E-state index >= 15 is 0 Å². The first-order chi connectivity index (χ1) is 10.9. The quantitative estimate of drug-likeness (QED) is 0.478. The zero-order chi connectivity index (χ0) is 16.8. The highest BCUT2D eigenvalue weighted by atomic mass is 32.2. The van der Waals surface area contributed by atoms with Gasteiger partial charge in [-0.1, -0.05) is 49.0 Å². The van der Waals surface area contributed by atoms with E-state index in [1.165, 1.54) is 28.5 Å². The van der Waals surface area contributed by atoms with E-state index in [4.69, 9.17) is 0 Å². The van der Waals surface area contributed by atoms with Crippen molar-refractivity contribution in [3.8, 4) is 0 Å². The maximum atomic E-state index is 12.7. The van der Waals surface area contributed by atoms with Crippen molar-refractivity contribution in [3.63, 3.8) is 0 Å². The summed E-state index contributed by atoms with van der Waals surface area (Å²) in [6, 6.07) is 8.05. The summed E-state index contributed by atoms with van der Waals surface area (Å²) in [5, 5.41) is 19.1. The third-order valence-electron chi connectivity index (χ3n) is 4.22. The maximum Gasteiger partial charge on any atom is 0.421 e. The Bertz CT molecular complexity index is 716. The van der Waals surface area contributed by atoms with Crippen LogP contribution < -0.4 is 0 Å². The van der Waals surface area contributed by atoms with E-state index < -0.39 is 34.6 Å². The van der Waals surface area contributed by atoms with Crippen molar-refractivity contribution < 1.29 is 29.2 Å². The van der Waals surface area contributed by atoms with E-state index in [1.54, 1.807) is 24.4 Å².